The van der Waals surface area contributed by atoms with Crippen molar-refractivity contribution in [1.29, 1.82) is 5.26 Å². The van der Waals surface area contributed by atoms with E-state index in [-0.39, 0.29) is 17.0 Å². The van der Waals surface area contributed by atoms with Gasteiger partial charge in [-0.3, -0.25) is 4.79 Å². The lowest BCUT2D eigenvalue weighted by Gasteiger charge is -2.23. The first-order valence-corrected chi connectivity index (χ1v) is 8.15. The lowest BCUT2D eigenvalue weighted by atomic mass is 9.91. The number of nitrogens with one attached hydrogen (secondary N) is 1. The third-order valence-electron chi connectivity index (χ3n) is 4.61. The number of methoxy groups -OCH3 is 1. The minimum absolute atomic E-state index is 0.0760. The number of alkyl halides is 3. The molecule has 0 aliphatic carbocycles. The fourth-order valence-electron chi connectivity index (χ4n) is 3.05. The normalized spacial score (nSPS) is 19.1. The van der Waals surface area contributed by atoms with Crippen LogP contribution in [0.2, 0.25) is 0 Å². The minimum Gasteiger partial charge on any atom is -0.494 e. The fraction of sp³-hybridized carbons (Fsp3) is 0.211. The molecule has 1 aliphatic heterocycles. The number of imide groups is 1. The van der Waals surface area contributed by atoms with Crippen molar-refractivity contribution in [3.05, 3.63) is 58.9 Å². The lowest BCUT2D eigenvalue weighted by Crippen LogP contribution is -2.41. The highest BCUT2D eigenvalue weighted by Crippen LogP contribution is 2.38. The molecule has 0 spiro atoms. The van der Waals surface area contributed by atoms with Gasteiger partial charge < -0.3 is 10.1 Å². The van der Waals surface area contributed by atoms with Gasteiger partial charge in [-0.1, -0.05) is 6.07 Å². The Morgan fingerprint density at radius 2 is 1.86 bits per heavy atom. The van der Waals surface area contributed by atoms with E-state index in [4.69, 9.17) is 10.00 Å². The maximum atomic E-state index is 14.1. The molecule has 1 unspecified atom stereocenters. The number of anilines is 1. The van der Waals surface area contributed by atoms with E-state index in [1.54, 1.807) is 0 Å². The number of carbonyl (C=O) groups is 2. The summed E-state index contributed by atoms with van der Waals surface area (Å²) in [7, 11) is 1.26. The fourth-order valence-corrected chi connectivity index (χ4v) is 3.05. The lowest BCUT2D eigenvalue weighted by molar-refractivity contribution is -0.137. The number of urea groups is 1. The molecule has 29 heavy (non-hydrogen) atoms. The molecular formula is C19H13F4N3O3. The number of nitrogens with zero attached hydrogens (tertiary/aromatic N) is 2. The zero-order valence-electron chi connectivity index (χ0n) is 15.1. The molecule has 0 aromatic heterocycles. The Labute approximate surface area is 162 Å². The molecular weight excluding hydrogens is 394 g/mol. The molecule has 3 amide bonds. The Morgan fingerprint density at radius 1 is 1.17 bits per heavy atom. The number of rotatable bonds is 3. The first kappa shape index (κ1) is 20.1. The van der Waals surface area contributed by atoms with Crippen molar-refractivity contribution < 1.29 is 31.9 Å². The number of benzene rings is 2. The molecule has 0 saturated carbocycles. The van der Waals surface area contributed by atoms with Crippen LogP contribution in [0.25, 0.3) is 0 Å². The first-order valence-electron chi connectivity index (χ1n) is 8.15. The van der Waals surface area contributed by atoms with E-state index in [0.29, 0.717) is 11.0 Å². The van der Waals surface area contributed by atoms with Crippen LogP contribution >= 0.6 is 0 Å². The van der Waals surface area contributed by atoms with Gasteiger partial charge in [-0.15, -0.1) is 0 Å². The first-order chi connectivity index (χ1) is 13.5. The van der Waals surface area contributed by atoms with Crippen LogP contribution in [0.3, 0.4) is 0 Å². The average Bonchev–Trinajstić information content (AvgIpc) is 2.90. The zero-order chi connectivity index (χ0) is 21.6. The van der Waals surface area contributed by atoms with Crippen LogP contribution in [-0.2, 0) is 16.5 Å². The second kappa shape index (κ2) is 6.77. The summed E-state index contributed by atoms with van der Waals surface area (Å²) in [4.78, 5) is 25.9. The Bertz CT molecular complexity index is 1060. The summed E-state index contributed by atoms with van der Waals surface area (Å²) in [5.41, 5.74) is -3.91. The van der Waals surface area contributed by atoms with Gasteiger partial charge in [-0.25, -0.2) is 14.1 Å². The highest BCUT2D eigenvalue weighted by Gasteiger charge is 2.50. The van der Waals surface area contributed by atoms with Crippen molar-refractivity contribution in [1.82, 2.24) is 5.32 Å². The van der Waals surface area contributed by atoms with Gasteiger partial charge in [0.1, 0.15) is 5.54 Å². The van der Waals surface area contributed by atoms with E-state index >= 15 is 0 Å². The van der Waals surface area contributed by atoms with Crippen molar-refractivity contribution in [2.75, 3.05) is 12.0 Å². The van der Waals surface area contributed by atoms with E-state index < -0.39 is 40.6 Å². The summed E-state index contributed by atoms with van der Waals surface area (Å²) < 4.78 is 58.5. The van der Waals surface area contributed by atoms with E-state index in [1.807, 2.05) is 0 Å². The second-order valence-corrected chi connectivity index (χ2v) is 6.38. The van der Waals surface area contributed by atoms with Crippen LogP contribution in [0.1, 0.15) is 23.6 Å². The van der Waals surface area contributed by atoms with Gasteiger partial charge in [-0.2, -0.15) is 18.4 Å². The maximum absolute atomic E-state index is 14.1. The summed E-state index contributed by atoms with van der Waals surface area (Å²) in [6, 6.07) is 6.56. The summed E-state index contributed by atoms with van der Waals surface area (Å²) in [6.07, 6.45) is -4.86. The van der Waals surface area contributed by atoms with Crippen molar-refractivity contribution in [3.63, 3.8) is 0 Å². The molecule has 2 aromatic rings. The van der Waals surface area contributed by atoms with Gasteiger partial charge in [0.15, 0.2) is 11.6 Å². The number of ether oxygens (including phenoxy) is 1. The third kappa shape index (κ3) is 3.24. The van der Waals surface area contributed by atoms with Gasteiger partial charge in [0, 0.05) is 0 Å². The number of amides is 3. The van der Waals surface area contributed by atoms with Crippen LogP contribution in [0.4, 0.5) is 28.0 Å². The van der Waals surface area contributed by atoms with Gasteiger partial charge in [0.25, 0.3) is 5.91 Å². The van der Waals surface area contributed by atoms with E-state index in [2.05, 4.69) is 5.32 Å². The predicted octanol–water partition coefficient (Wildman–Crippen LogP) is 3.70. The van der Waals surface area contributed by atoms with Gasteiger partial charge in [0.2, 0.25) is 0 Å². The molecule has 1 N–H and O–H groups in total. The number of halogens is 4. The Morgan fingerprint density at radius 3 is 2.41 bits per heavy atom. The molecule has 3 rings (SSSR count). The molecule has 150 valence electrons. The minimum atomic E-state index is -4.86. The molecule has 10 heteroatoms. The van der Waals surface area contributed by atoms with Crippen LogP contribution < -0.4 is 15.0 Å². The summed E-state index contributed by atoms with van der Waals surface area (Å²) >= 11 is 0. The molecule has 0 bridgehead atoms. The van der Waals surface area contributed by atoms with Crippen molar-refractivity contribution in [2.45, 2.75) is 18.6 Å². The van der Waals surface area contributed by atoms with Gasteiger partial charge in [-0.05, 0) is 42.8 Å². The highest BCUT2D eigenvalue weighted by atomic mass is 19.4. The molecule has 0 radical (unpaired) electrons. The third-order valence-corrected chi connectivity index (χ3v) is 4.61. The van der Waals surface area contributed by atoms with Crippen LogP contribution in [0.5, 0.6) is 5.75 Å². The Balaban J connectivity index is 2.06. The summed E-state index contributed by atoms with van der Waals surface area (Å²) in [5, 5.41) is 11.3. The second-order valence-electron chi connectivity index (χ2n) is 6.38. The molecule has 1 saturated heterocycles. The van der Waals surface area contributed by atoms with Crippen LogP contribution in [0, 0.1) is 17.1 Å². The molecule has 1 heterocycles. The van der Waals surface area contributed by atoms with E-state index in [0.717, 1.165) is 18.2 Å². The molecule has 1 atom stereocenters. The smallest absolute Gasteiger partial charge is 0.417 e. The van der Waals surface area contributed by atoms with Gasteiger partial charge in [0.05, 0.1) is 30.0 Å². The Kier molecular flexibility index (Phi) is 4.70. The molecule has 1 fully saturated rings. The SMILES string of the molecule is COc1ccc(C2(C)NC(=O)N(c3ccc(C#N)c(C(F)(F)F)c3)C2=O)cc1F. The number of hydrogen-bond donors (Lipinski definition) is 1. The number of carbonyl (C=O) groups excluding carboxylic acids is 2. The van der Waals surface area contributed by atoms with E-state index in [1.165, 1.54) is 32.2 Å². The summed E-state index contributed by atoms with van der Waals surface area (Å²) in [6.45, 7) is 1.31. The topological polar surface area (TPSA) is 82.4 Å². The van der Waals surface area contributed by atoms with Crippen molar-refractivity contribution in [2.24, 2.45) is 0 Å². The zero-order valence-corrected chi connectivity index (χ0v) is 15.1. The molecule has 1 aliphatic rings. The predicted molar refractivity (Wildman–Crippen MR) is 92.5 cm³/mol. The largest absolute Gasteiger partial charge is 0.494 e. The standard InChI is InChI=1S/C19H13F4N3O3/c1-18(11-4-6-15(29-2)14(20)7-11)16(27)26(17(28)25-18)12-5-3-10(9-24)13(8-12)19(21,22)23/h3-8H,1-2H3,(H,25,28). The van der Waals surface area contributed by atoms with Crippen LogP contribution in [0.15, 0.2) is 36.4 Å². The maximum Gasteiger partial charge on any atom is 0.417 e. The average molecular weight is 407 g/mol. The van der Waals surface area contributed by atoms with Crippen molar-refractivity contribution >= 4 is 17.6 Å². The summed E-state index contributed by atoms with van der Waals surface area (Å²) in [5.74, 6) is -1.75. The molecule has 6 nitrogen and oxygen atoms in total. The number of hydrogen-bond acceptors (Lipinski definition) is 4. The van der Waals surface area contributed by atoms with Crippen LogP contribution in [-0.4, -0.2) is 19.0 Å². The van der Waals surface area contributed by atoms with Gasteiger partial charge >= 0.3 is 12.2 Å². The van der Waals surface area contributed by atoms with E-state index in [9.17, 15) is 27.2 Å². The molecule has 2 aromatic carbocycles. The monoisotopic (exact) mass is 407 g/mol. The quantitative estimate of drug-likeness (QED) is 0.621. The van der Waals surface area contributed by atoms with Crippen molar-refractivity contribution in [3.8, 4) is 11.8 Å². The number of nitriles is 1. The Hall–Kier alpha value is -3.61. The highest BCUT2D eigenvalue weighted by molar-refractivity contribution is 6.23.